The third-order valence-corrected chi connectivity index (χ3v) is 14.8. The molecule has 0 bridgehead atoms. The van der Waals surface area contributed by atoms with Crippen molar-refractivity contribution < 1.29 is 0 Å². The van der Waals surface area contributed by atoms with Crippen LogP contribution in [0, 0.1) is 27.7 Å². The second-order valence-corrected chi connectivity index (χ2v) is 18.1. The Labute approximate surface area is 376 Å². The van der Waals surface area contributed by atoms with Gasteiger partial charge in [-0.15, -0.1) is 0 Å². The van der Waals surface area contributed by atoms with E-state index in [9.17, 15) is 0 Å². The molecule has 0 radical (unpaired) electrons. The molecule has 0 saturated carbocycles. The number of allylic oxidation sites excluding steroid dienone is 4. The minimum Gasteiger partial charge on any atom is -0.310 e. The largest absolute Gasteiger partial charge is 0.310 e. The van der Waals surface area contributed by atoms with Gasteiger partial charge in [-0.05, 0) is 228 Å². The summed E-state index contributed by atoms with van der Waals surface area (Å²) in [5.41, 5.74) is 28.6. The average Bonchev–Trinajstić information content (AvgIpc) is 3.78. The molecule has 0 saturated heterocycles. The quantitative estimate of drug-likeness (QED) is 0.136. The van der Waals surface area contributed by atoms with Crippen LogP contribution in [-0.4, -0.2) is 0 Å². The van der Waals surface area contributed by atoms with Crippen LogP contribution in [0.1, 0.15) is 107 Å². The van der Waals surface area contributed by atoms with E-state index in [0.29, 0.717) is 0 Å². The Morgan fingerprint density at radius 2 is 0.857 bits per heavy atom. The van der Waals surface area contributed by atoms with Gasteiger partial charge < -0.3 is 9.80 Å². The highest BCUT2D eigenvalue weighted by molar-refractivity contribution is 5.98. The first-order valence-corrected chi connectivity index (χ1v) is 23.5. The van der Waals surface area contributed by atoms with E-state index in [0.717, 1.165) is 38.5 Å². The summed E-state index contributed by atoms with van der Waals surface area (Å²) in [5, 5.41) is 0. The number of rotatable bonds is 10. The lowest BCUT2D eigenvalue weighted by molar-refractivity contribution is 0.780. The molecule has 314 valence electrons. The molecule has 0 fully saturated rings. The van der Waals surface area contributed by atoms with E-state index in [2.05, 4.69) is 211 Å². The Bertz CT molecular complexity index is 2850. The maximum Gasteiger partial charge on any atom is 0.0723 e. The number of hydrogen-bond donors (Lipinski definition) is 0. The predicted octanol–water partition coefficient (Wildman–Crippen LogP) is 16.5. The van der Waals surface area contributed by atoms with E-state index in [-0.39, 0.29) is 0 Å². The third kappa shape index (κ3) is 6.44. The van der Waals surface area contributed by atoms with Crippen LogP contribution in [0.2, 0.25) is 0 Å². The fourth-order valence-electron chi connectivity index (χ4n) is 11.1. The predicted molar refractivity (Wildman–Crippen MR) is 269 cm³/mol. The molecule has 2 nitrogen and oxygen atoms in total. The molecule has 0 aromatic heterocycles. The van der Waals surface area contributed by atoms with Crippen molar-refractivity contribution in [2.24, 2.45) is 0 Å². The number of nitrogens with zero attached hydrogens (tertiary/aromatic N) is 2. The summed E-state index contributed by atoms with van der Waals surface area (Å²) in [6, 6.07) is 52.2. The van der Waals surface area contributed by atoms with Gasteiger partial charge in [-0.25, -0.2) is 0 Å². The van der Waals surface area contributed by atoms with E-state index in [1.807, 2.05) is 0 Å². The molecule has 0 heterocycles. The van der Waals surface area contributed by atoms with Crippen LogP contribution in [0.5, 0.6) is 0 Å². The van der Waals surface area contributed by atoms with Gasteiger partial charge in [0.25, 0.3) is 0 Å². The standard InChI is InChI=1S/C61H60N2/c1-9-43-23-27-49(35-45(43)11-3)62(47-25-21-39(5)41(7)33-47)51-29-31-55-56-32-30-52(63(48-26-22-40(6)42(8)34-48)50-28-24-44(10-2)46(12-4)36-50)38-60(56)61(59(55)37-51)57-19-15-13-17-53(57)54-18-14-16-20-58(54)61/h13,15-17,19-38H,9-12,14,18H2,1-8H3. The van der Waals surface area contributed by atoms with Crippen LogP contribution in [0.4, 0.5) is 34.1 Å². The number of fused-ring (bicyclic) bond motifs is 9. The number of hydrogen-bond acceptors (Lipinski definition) is 2. The second-order valence-electron chi connectivity index (χ2n) is 18.1. The monoisotopic (exact) mass is 820 g/mol. The SMILES string of the molecule is CCc1ccc(N(c2ccc(C)c(C)c2)c2ccc3c(c2)C2(C4=C(CCC=C4)c4ccccc42)c2cc(N(c4ccc(C)c(C)c4)c4ccc(CC)c(CC)c4)ccc2-3)cc1CC. The maximum absolute atomic E-state index is 2.55. The van der Waals surface area contributed by atoms with Crippen molar-refractivity contribution in [1.29, 1.82) is 0 Å². The van der Waals surface area contributed by atoms with Crippen molar-refractivity contribution in [3.63, 3.8) is 0 Å². The second kappa shape index (κ2) is 16.1. The van der Waals surface area contributed by atoms with Gasteiger partial charge >= 0.3 is 0 Å². The molecule has 3 aliphatic carbocycles. The molecule has 0 amide bonds. The fraction of sp³-hybridized carbons (Fsp3) is 0.246. The summed E-state index contributed by atoms with van der Waals surface area (Å²) >= 11 is 0. The van der Waals surface area contributed by atoms with Crippen molar-refractivity contribution in [2.45, 2.75) is 99.3 Å². The fourth-order valence-corrected chi connectivity index (χ4v) is 11.1. The van der Waals surface area contributed by atoms with Gasteiger partial charge in [0.1, 0.15) is 0 Å². The van der Waals surface area contributed by atoms with Gasteiger partial charge in [0, 0.05) is 34.1 Å². The van der Waals surface area contributed by atoms with Gasteiger partial charge in [-0.3, -0.25) is 0 Å². The Kier molecular flexibility index (Phi) is 10.4. The molecule has 2 heteroatoms. The highest BCUT2D eigenvalue weighted by Gasteiger charge is 2.53. The normalized spacial score (nSPS) is 14.2. The van der Waals surface area contributed by atoms with Gasteiger partial charge in [0.2, 0.25) is 0 Å². The molecule has 0 atom stereocenters. The Morgan fingerprint density at radius 1 is 0.413 bits per heavy atom. The van der Waals surface area contributed by atoms with E-state index in [1.54, 1.807) is 0 Å². The van der Waals surface area contributed by atoms with Crippen molar-refractivity contribution in [2.75, 3.05) is 9.80 Å². The topological polar surface area (TPSA) is 6.48 Å². The molecule has 1 spiro atoms. The van der Waals surface area contributed by atoms with Crippen molar-refractivity contribution >= 4 is 39.7 Å². The minimum absolute atomic E-state index is 0.482. The third-order valence-electron chi connectivity index (χ3n) is 14.8. The summed E-state index contributed by atoms with van der Waals surface area (Å²) in [5.74, 6) is 0. The van der Waals surface area contributed by atoms with Gasteiger partial charge in [-0.1, -0.05) is 101 Å². The summed E-state index contributed by atoms with van der Waals surface area (Å²) in [6.07, 6.45) is 11.1. The smallest absolute Gasteiger partial charge is 0.0723 e. The van der Waals surface area contributed by atoms with Crippen molar-refractivity contribution in [3.05, 3.63) is 218 Å². The summed E-state index contributed by atoms with van der Waals surface area (Å²) in [6.45, 7) is 18.0. The van der Waals surface area contributed by atoms with Gasteiger partial charge in [0.15, 0.2) is 0 Å². The van der Waals surface area contributed by atoms with E-state index < -0.39 is 5.41 Å². The zero-order valence-electron chi connectivity index (χ0n) is 38.5. The summed E-state index contributed by atoms with van der Waals surface area (Å²) in [4.78, 5) is 5.01. The van der Waals surface area contributed by atoms with Gasteiger partial charge in [-0.2, -0.15) is 0 Å². The highest BCUT2D eigenvalue weighted by Crippen LogP contribution is 2.64. The lowest BCUT2D eigenvalue weighted by atomic mass is 9.69. The van der Waals surface area contributed by atoms with Crippen molar-refractivity contribution in [3.8, 4) is 11.1 Å². The Balaban J connectivity index is 1.24. The number of benzene rings is 7. The van der Waals surface area contributed by atoms with E-state index >= 15 is 0 Å². The summed E-state index contributed by atoms with van der Waals surface area (Å²) in [7, 11) is 0. The molecule has 7 aromatic rings. The Hall–Kier alpha value is -6.38. The number of aryl methyl sites for hydroxylation is 8. The molecule has 0 aliphatic heterocycles. The highest BCUT2D eigenvalue weighted by atomic mass is 15.1. The minimum atomic E-state index is -0.482. The van der Waals surface area contributed by atoms with E-state index in [1.165, 1.54) is 123 Å². The molecule has 10 rings (SSSR count). The van der Waals surface area contributed by atoms with Crippen LogP contribution < -0.4 is 9.80 Å². The first-order valence-electron chi connectivity index (χ1n) is 23.5. The zero-order valence-corrected chi connectivity index (χ0v) is 38.5. The molecule has 3 aliphatic rings. The zero-order chi connectivity index (χ0) is 43.6. The van der Waals surface area contributed by atoms with E-state index in [4.69, 9.17) is 0 Å². The first kappa shape index (κ1) is 40.7. The molecular weight excluding hydrogens is 761 g/mol. The van der Waals surface area contributed by atoms with Crippen LogP contribution in [0.15, 0.2) is 151 Å². The summed E-state index contributed by atoms with van der Waals surface area (Å²) < 4.78 is 0. The maximum atomic E-state index is 2.55. The van der Waals surface area contributed by atoms with Crippen LogP contribution in [-0.2, 0) is 31.1 Å². The van der Waals surface area contributed by atoms with Crippen LogP contribution in [0.3, 0.4) is 0 Å². The Morgan fingerprint density at radius 3 is 1.35 bits per heavy atom. The number of anilines is 6. The molecule has 0 N–H and O–H groups in total. The van der Waals surface area contributed by atoms with Crippen LogP contribution in [0.25, 0.3) is 16.7 Å². The van der Waals surface area contributed by atoms with Crippen LogP contribution >= 0.6 is 0 Å². The van der Waals surface area contributed by atoms with Gasteiger partial charge in [0.05, 0.1) is 5.41 Å². The molecular formula is C61H60N2. The molecule has 63 heavy (non-hydrogen) atoms. The average molecular weight is 821 g/mol. The lowest BCUT2D eigenvalue weighted by Crippen LogP contribution is -2.27. The van der Waals surface area contributed by atoms with Crippen molar-refractivity contribution in [1.82, 2.24) is 0 Å². The lowest BCUT2D eigenvalue weighted by Gasteiger charge is -2.34. The molecule has 0 unspecified atom stereocenters. The first-order chi connectivity index (χ1) is 30.7. The molecule has 7 aromatic carbocycles.